The third-order valence-corrected chi connectivity index (χ3v) is 6.95. The number of carbonyl (C=O) groups excluding carboxylic acids is 1. The second kappa shape index (κ2) is 8.01. The smallest absolute Gasteiger partial charge is 0.255 e. The van der Waals surface area contributed by atoms with Crippen molar-refractivity contribution < 1.29 is 18.3 Å². The van der Waals surface area contributed by atoms with Crippen molar-refractivity contribution in [1.82, 2.24) is 0 Å². The fraction of sp³-hybridized carbons (Fsp3) is 0.136. The van der Waals surface area contributed by atoms with Crippen LogP contribution in [0.1, 0.15) is 23.2 Å². The highest BCUT2D eigenvalue weighted by atomic mass is 35.5. The van der Waals surface area contributed by atoms with Gasteiger partial charge in [0.2, 0.25) is 10.0 Å². The van der Waals surface area contributed by atoms with E-state index in [1.807, 2.05) is 30.3 Å². The van der Waals surface area contributed by atoms with Gasteiger partial charge in [0, 0.05) is 21.8 Å². The Morgan fingerprint density at radius 3 is 2.40 bits per heavy atom. The van der Waals surface area contributed by atoms with E-state index in [0.717, 1.165) is 11.1 Å². The van der Waals surface area contributed by atoms with Crippen LogP contribution in [0.5, 0.6) is 5.75 Å². The zero-order valence-electron chi connectivity index (χ0n) is 15.8. The summed E-state index contributed by atoms with van der Waals surface area (Å²) in [7, 11) is -3.54. The van der Waals surface area contributed by atoms with Gasteiger partial charge < -0.3 is 10.4 Å². The predicted molar refractivity (Wildman–Crippen MR) is 119 cm³/mol. The molecule has 1 saturated carbocycles. The maximum absolute atomic E-state index is 12.6. The average Bonchev–Trinajstić information content (AvgIpc) is 3.57. The molecule has 3 N–H and O–H groups in total. The van der Waals surface area contributed by atoms with Crippen molar-refractivity contribution in [2.75, 3.05) is 10.0 Å². The van der Waals surface area contributed by atoms with Gasteiger partial charge in [-0.2, -0.15) is 0 Å². The molecule has 0 aliphatic heterocycles. The molecule has 0 radical (unpaired) electrons. The lowest BCUT2D eigenvalue weighted by Crippen LogP contribution is -2.18. The Bertz CT molecular complexity index is 1210. The van der Waals surface area contributed by atoms with Gasteiger partial charge in [0.25, 0.3) is 5.91 Å². The van der Waals surface area contributed by atoms with Gasteiger partial charge in [-0.25, -0.2) is 8.42 Å². The van der Waals surface area contributed by atoms with Gasteiger partial charge in [-0.3, -0.25) is 9.52 Å². The number of nitrogens with one attached hydrogen (secondary N) is 2. The number of rotatable bonds is 6. The van der Waals surface area contributed by atoms with Crippen LogP contribution in [0.25, 0.3) is 11.1 Å². The van der Waals surface area contributed by atoms with Crippen LogP contribution in [0.2, 0.25) is 5.02 Å². The van der Waals surface area contributed by atoms with E-state index in [1.165, 1.54) is 18.2 Å². The van der Waals surface area contributed by atoms with Crippen molar-refractivity contribution in [3.05, 3.63) is 77.3 Å². The number of benzene rings is 3. The highest BCUT2D eigenvalue weighted by Gasteiger charge is 2.36. The highest BCUT2D eigenvalue weighted by Crippen LogP contribution is 2.34. The lowest BCUT2D eigenvalue weighted by atomic mass is 10.0. The summed E-state index contributed by atoms with van der Waals surface area (Å²) in [5, 5.41) is 12.7. The first-order chi connectivity index (χ1) is 14.3. The van der Waals surface area contributed by atoms with Gasteiger partial charge >= 0.3 is 0 Å². The second-order valence-electron chi connectivity index (χ2n) is 7.09. The molecule has 3 aromatic rings. The molecule has 1 aliphatic rings. The van der Waals surface area contributed by atoms with E-state index in [2.05, 4.69) is 10.0 Å². The third-order valence-electron chi connectivity index (χ3n) is 4.79. The van der Waals surface area contributed by atoms with Crippen molar-refractivity contribution in [3.8, 4) is 16.9 Å². The van der Waals surface area contributed by atoms with Gasteiger partial charge in [-0.05, 0) is 48.7 Å². The van der Waals surface area contributed by atoms with E-state index in [0.29, 0.717) is 29.1 Å². The molecular formula is C22H19ClN2O4S. The normalized spacial score (nSPS) is 13.6. The number of halogens is 1. The number of amides is 1. The molecule has 0 bridgehead atoms. The van der Waals surface area contributed by atoms with Crippen LogP contribution >= 0.6 is 11.6 Å². The molecule has 0 spiro atoms. The number of phenols is 1. The lowest BCUT2D eigenvalue weighted by molar-refractivity contribution is 0.102. The summed E-state index contributed by atoms with van der Waals surface area (Å²) in [6.07, 6.45) is 1.21. The Morgan fingerprint density at radius 1 is 1.00 bits per heavy atom. The summed E-state index contributed by atoms with van der Waals surface area (Å²) in [4.78, 5) is 12.6. The van der Waals surface area contributed by atoms with Crippen molar-refractivity contribution in [2.24, 2.45) is 0 Å². The lowest BCUT2D eigenvalue weighted by Gasteiger charge is -2.12. The van der Waals surface area contributed by atoms with Crippen LogP contribution in [-0.2, 0) is 10.0 Å². The molecule has 8 heteroatoms. The zero-order valence-corrected chi connectivity index (χ0v) is 17.4. The molecule has 0 saturated heterocycles. The largest absolute Gasteiger partial charge is 0.506 e. The monoisotopic (exact) mass is 442 g/mol. The summed E-state index contributed by atoms with van der Waals surface area (Å²) >= 11 is 6.38. The number of sulfonamides is 1. The van der Waals surface area contributed by atoms with E-state index in [1.54, 1.807) is 18.2 Å². The molecule has 6 nitrogen and oxygen atoms in total. The van der Waals surface area contributed by atoms with E-state index < -0.39 is 21.2 Å². The molecule has 3 aromatic carbocycles. The van der Waals surface area contributed by atoms with E-state index >= 15 is 0 Å². The molecule has 0 atom stereocenters. The Labute approximate surface area is 179 Å². The fourth-order valence-corrected chi connectivity index (χ4v) is 4.70. The minimum atomic E-state index is -3.54. The first-order valence-corrected chi connectivity index (χ1v) is 11.3. The molecule has 30 heavy (non-hydrogen) atoms. The summed E-state index contributed by atoms with van der Waals surface area (Å²) in [6.45, 7) is 0. The number of hydrogen-bond acceptors (Lipinski definition) is 4. The SMILES string of the molecule is O=C(Nc1ccc(O)c(NS(=O)(=O)C2CC2)c1)c1ccc(-c2ccccc2)c(Cl)c1. The first kappa shape index (κ1) is 20.3. The van der Waals surface area contributed by atoms with Gasteiger partial charge in [-0.15, -0.1) is 0 Å². The average molecular weight is 443 g/mol. The third kappa shape index (κ3) is 4.42. The van der Waals surface area contributed by atoms with Crippen LogP contribution in [0.3, 0.4) is 0 Å². The fourth-order valence-electron chi connectivity index (χ4n) is 3.02. The summed E-state index contributed by atoms with van der Waals surface area (Å²) in [5.41, 5.74) is 2.48. The van der Waals surface area contributed by atoms with Crippen molar-refractivity contribution in [2.45, 2.75) is 18.1 Å². The molecule has 4 rings (SSSR count). The van der Waals surface area contributed by atoms with Crippen molar-refractivity contribution in [3.63, 3.8) is 0 Å². The molecule has 0 heterocycles. The summed E-state index contributed by atoms with van der Waals surface area (Å²) in [6, 6.07) is 18.8. The Kier molecular flexibility index (Phi) is 5.40. The van der Waals surface area contributed by atoms with E-state index in [4.69, 9.17) is 11.6 Å². The topological polar surface area (TPSA) is 95.5 Å². The molecular weight excluding hydrogens is 424 g/mol. The molecule has 0 unspecified atom stereocenters. The molecule has 0 aromatic heterocycles. The van der Waals surface area contributed by atoms with Crippen LogP contribution in [-0.4, -0.2) is 24.7 Å². The van der Waals surface area contributed by atoms with Crippen LogP contribution in [0, 0.1) is 0 Å². The molecule has 1 aliphatic carbocycles. The van der Waals surface area contributed by atoms with E-state index in [-0.39, 0.29) is 11.4 Å². The standard InChI is InChI=1S/C22H19ClN2O4S/c23-19-12-15(6-10-18(19)14-4-2-1-3-5-14)22(27)24-16-7-11-21(26)20(13-16)25-30(28,29)17-8-9-17/h1-7,10-13,17,25-26H,8-9H2,(H,24,27). The van der Waals surface area contributed by atoms with Crippen molar-refractivity contribution in [1.29, 1.82) is 0 Å². The summed E-state index contributed by atoms with van der Waals surface area (Å²) < 4.78 is 26.6. The van der Waals surface area contributed by atoms with Crippen LogP contribution in [0.4, 0.5) is 11.4 Å². The number of phenolic OH excluding ortho intramolecular Hbond substituents is 1. The van der Waals surface area contributed by atoms with Gasteiger partial charge in [0.05, 0.1) is 10.9 Å². The van der Waals surface area contributed by atoms with Gasteiger partial charge in [0.1, 0.15) is 5.75 Å². The Hall–Kier alpha value is -3.03. The molecule has 1 fully saturated rings. The maximum Gasteiger partial charge on any atom is 0.255 e. The Morgan fingerprint density at radius 2 is 1.73 bits per heavy atom. The minimum Gasteiger partial charge on any atom is -0.506 e. The number of hydrogen-bond donors (Lipinski definition) is 3. The molecule has 1 amide bonds. The van der Waals surface area contributed by atoms with E-state index in [9.17, 15) is 18.3 Å². The van der Waals surface area contributed by atoms with Crippen LogP contribution < -0.4 is 10.0 Å². The first-order valence-electron chi connectivity index (χ1n) is 9.34. The predicted octanol–water partition coefficient (Wildman–Crippen LogP) is 4.87. The maximum atomic E-state index is 12.6. The number of aromatic hydroxyl groups is 1. The zero-order chi connectivity index (χ0) is 21.3. The van der Waals surface area contributed by atoms with Crippen molar-refractivity contribution >= 4 is 38.9 Å². The molecule has 154 valence electrons. The Balaban J connectivity index is 1.52. The van der Waals surface area contributed by atoms with Gasteiger partial charge in [0.15, 0.2) is 0 Å². The second-order valence-corrected chi connectivity index (χ2v) is 9.46. The highest BCUT2D eigenvalue weighted by molar-refractivity contribution is 7.93. The minimum absolute atomic E-state index is 0.0251. The quantitative estimate of drug-likeness (QED) is 0.375. The number of carbonyl (C=O) groups is 1. The van der Waals surface area contributed by atoms with Gasteiger partial charge in [-0.1, -0.05) is 48.0 Å². The number of anilines is 2. The summed E-state index contributed by atoms with van der Waals surface area (Å²) in [5.74, 6) is -0.620. The van der Waals surface area contributed by atoms with Crippen LogP contribution in [0.15, 0.2) is 66.7 Å².